The Bertz CT molecular complexity index is 1040. The van der Waals surface area contributed by atoms with Crippen molar-refractivity contribution in [3.8, 4) is 11.8 Å². The summed E-state index contributed by atoms with van der Waals surface area (Å²) in [7, 11) is 1.62. The van der Waals surface area contributed by atoms with Crippen molar-refractivity contribution in [2.45, 2.75) is 31.8 Å². The maximum atomic E-state index is 13.2. The molecule has 33 heavy (non-hydrogen) atoms. The van der Waals surface area contributed by atoms with E-state index in [2.05, 4.69) is 17.0 Å². The minimum absolute atomic E-state index is 0.00322. The molecule has 2 atom stereocenters. The number of ether oxygens (including phenoxy) is 1. The van der Waals surface area contributed by atoms with Crippen LogP contribution in [-0.2, 0) is 16.0 Å². The molecule has 0 saturated carbocycles. The predicted molar refractivity (Wildman–Crippen MR) is 124 cm³/mol. The van der Waals surface area contributed by atoms with Gasteiger partial charge in [0.2, 0.25) is 11.8 Å². The van der Waals surface area contributed by atoms with Crippen LogP contribution < -0.4 is 4.74 Å². The summed E-state index contributed by atoms with van der Waals surface area (Å²) < 4.78 is 5.21. The van der Waals surface area contributed by atoms with Crippen LogP contribution in [0.15, 0.2) is 48.5 Å². The van der Waals surface area contributed by atoms with Gasteiger partial charge in [0.15, 0.2) is 0 Å². The Kier molecular flexibility index (Phi) is 6.95. The fraction of sp³-hybridized carbons (Fsp3) is 0.423. The minimum atomic E-state index is -0.355. The number of piperazine rings is 1. The van der Waals surface area contributed by atoms with E-state index >= 15 is 0 Å². The second-order valence-electron chi connectivity index (χ2n) is 8.60. The zero-order valence-electron chi connectivity index (χ0n) is 19.2. The summed E-state index contributed by atoms with van der Waals surface area (Å²) in [6.07, 6.45) is 1.11. The second kappa shape index (κ2) is 10.1. The smallest absolute Gasteiger partial charge is 0.225 e. The molecule has 172 valence electrons. The Morgan fingerprint density at radius 3 is 2.39 bits per heavy atom. The van der Waals surface area contributed by atoms with Gasteiger partial charge in [-0.1, -0.05) is 36.4 Å². The molecule has 7 heteroatoms. The van der Waals surface area contributed by atoms with Crippen molar-refractivity contribution < 1.29 is 14.3 Å². The highest BCUT2D eigenvalue weighted by Gasteiger charge is 2.33. The normalized spacial score (nSPS) is 19.4. The molecule has 7 nitrogen and oxygen atoms in total. The summed E-state index contributed by atoms with van der Waals surface area (Å²) in [6, 6.07) is 17.5. The van der Waals surface area contributed by atoms with Gasteiger partial charge in [-0.25, -0.2) is 0 Å². The lowest BCUT2D eigenvalue weighted by molar-refractivity contribution is -0.137. The van der Waals surface area contributed by atoms with Gasteiger partial charge >= 0.3 is 0 Å². The standard InChI is InChI=1S/C26H30N4O3/c1-19(31)30-12-11-20-5-3-4-6-23(20)24(30)17-26(32)29-15-13-28(14-16-29)25(18-27)21-7-9-22(33-2)10-8-21/h3-10,24-25H,11-17H2,1-2H3. The molecule has 2 aromatic rings. The first-order chi connectivity index (χ1) is 16.0. The quantitative estimate of drug-likeness (QED) is 0.706. The van der Waals surface area contributed by atoms with E-state index in [-0.39, 0.29) is 30.3 Å². The van der Waals surface area contributed by atoms with Gasteiger partial charge in [-0.15, -0.1) is 0 Å². The molecule has 0 radical (unpaired) electrons. The van der Waals surface area contributed by atoms with Gasteiger partial charge in [-0.05, 0) is 35.2 Å². The Labute approximate surface area is 195 Å². The number of amides is 2. The summed E-state index contributed by atoms with van der Waals surface area (Å²) >= 11 is 0. The molecule has 2 aliphatic rings. The van der Waals surface area contributed by atoms with Crippen molar-refractivity contribution >= 4 is 11.8 Å². The molecular weight excluding hydrogens is 416 g/mol. The topological polar surface area (TPSA) is 76.9 Å². The molecule has 4 rings (SSSR count). The van der Waals surface area contributed by atoms with Crippen molar-refractivity contribution in [2.24, 2.45) is 0 Å². The number of carbonyl (C=O) groups is 2. The molecule has 0 bridgehead atoms. The van der Waals surface area contributed by atoms with Crippen LogP contribution in [0.25, 0.3) is 0 Å². The monoisotopic (exact) mass is 446 g/mol. The van der Waals surface area contributed by atoms with E-state index in [1.165, 1.54) is 5.56 Å². The lowest BCUT2D eigenvalue weighted by atomic mass is 9.90. The number of carbonyl (C=O) groups excluding carboxylic acids is 2. The lowest BCUT2D eigenvalue weighted by Crippen LogP contribution is -2.50. The predicted octanol–water partition coefficient (Wildman–Crippen LogP) is 2.94. The maximum absolute atomic E-state index is 13.2. The van der Waals surface area contributed by atoms with Crippen molar-refractivity contribution in [2.75, 3.05) is 39.8 Å². The number of nitrogens with zero attached hydrogens (tertiary/aromatic N) is 4. The average molecular weight is 447 g/mol. The molecule has 1 fully saturated rings. The van der Waals surface area contributed by atoms with Crippen LogP contribution in [0.4, 0.5) is 0 Å². The first kappa shape index (κ1) is 22.8. The van der Waals surface area contributed by atoms with Crippen LogP contribution in [0.1, 0.15) is 42.1 Å². The first-order valence-corrected chi connectivity index (χ1v) is 11.4. The van der Waals surface area contributed by atoms with Gasteiger partial charge in [-0.2, -0.15) is 5.26 Å². The van der Waals surface area contributed by atoms with Crippen molar-refractivity contribution in [1.29, 1.82) is 5.26 Å². The molecule has 0 aromatic heterocycles. The SMILES string of the molecule is COc1ccc(C(C#N)N2CCN(C(=O)CC3c4ccccc4CCN3C(C)=O)CC2)cc1. The lowest BCUT2D eigenvalue weighted by Gasteiger charge is -2.40. The average Bonchev–Trinajstić information content (AvgIpc) is 2.85. The fourth-order valence-corrected chi connectivity index (χ4v) is 4.93. The summed E-state index contributed by atoms with van der Waals surface area (Å²) in [5.74, 6) is 0.818. The molecule has 2 amide bonds. The van der Waals surface area contributed by atoms with E-state index in [1.807, 2.05) is 52.3 Å². The molecule has 2 aromatic carbocycles. The van der Waals surface area contributed by atoms with Gasteiger partial charge in [0, 0.05) is 39.6 Å². The Hall–Kier alpha value is -3.37. The van der Waals surface area contributed by atoms with Gasteiger partial charge in [0.25, 0.3) is 0 Å². The highest BCUT2D eigenvalue weighted by atomic mass is 16.5. The number of hydrogen-bond acceptors (Lipinski definition) is 5. The number of fused-ring (bicyclic) bond motifs is 1. The van der Waals surface area contributed by atoms with E-state index in [9.17, 15) is 14.9 Å². The van der Waals surface area contributed by atoms with Gasteiger partial charge < -0.3 is 14.5 Å². The largest absolute Gasteiger partial charge is 0.497 e. The molecule has 2 aliphatic heterocycles. The Morgan fingerprint density at radius 1 is 1.06 bits per heavy atom. The zero-order chi connectivity index (χ0) is 23.4. The van der Waals surface area contributed by atoms with Crippen LogP contribution in [0.3, 0.4) is 0 Å². The highest BCUT2D eigenvalue weighted by Crippen LogP contribution is 2.33. The summed E-state index contributed by atoms with van der Waals surface area (Å²) in [5.41, 5.74) is 3.22. The third-order valence-corrected chi connectivity index (χ3v) is 6.77. The zero-order valence-corrected chi connectivity index (χ0v) is 19.2. The number of rotatable bonds is 5. The summed E-state index contributed by atoms with van der Waals surface area (Å²) in [6.45, 7) is 4.62. The molecule has 0 aliphatic carbocycles. The number of methoxy groups -OCH3 is 1. The van der Waals surface area contributed by atoms with E-state index in [1.54, 1.807) is 14.0 Å². The molecule has 2 unspecified atom stereocenters. The molecule has 0 spiro atoms. The second-order valence-corrected chi connectivity index (χ2v) is 8.60. The first-order valence-electron chi connectivity index (χ1n) is 11.4. The third-order valence-electron chi connectivity index (χ3n) is 6.77. The van der Waals surface area contributed by atoms with Crippen LogP contribution >= 0.6 is 0 Å². The van der Waals surface area contributed by atoms with Crippen LogP contribution in [0, 0.1) is 11.3 Å². The van der Waals surface area contributed by atoms with Crippen LogP contribution in [0.5, 0.6) is 5.75 Å². The van der Waals surface area contributed by atoms with E-state index in [0.717, 1.165) is 23.3 Å². The van der Waals surface area contributed by atoms with E-state index in [4.69, 9.17) is 4.74 Å². The van der Waals surface area contributed by atoms with Gasteiger partial charge in [0.1, 0.15) is 11.8 Å². The summed E-state index contributed by atoms with van der Waals surface area (Å²) in [5, 5.41) is 9.78. The minimum Gasteiger partial charge on any atom is -0.497 e. The third kappa shape index (κ3) is 4.86. The fourth-order valence-electron chi connectivity index (χ4n) is 4.93. The molecule has 1 saturated heterocycles. The molecule has 0 N–H and O–H groups in total. The number of nitriles is 1. The number of hydrogen-bond donors (Lipinski definition) is 0. The van der Waals surface area contributed by atoms with E-state index in [0.29, 0.717) is 32.7 Å². The van der Waals surface area contributed by atoms with Crippen molar-refractivity contribution in [1.82, 2.24) is 14.7 Å². The molecular formula is C26H30N4O3. The number of benzene rings is 2. The maximum Gasteiger partial charge on any atom is 0.225 e. The highest BCUT2D eigenvalue weighted by molar-refractivity contribution is 5.80. The van der Waals surface area contributed by atoms with Crippen LogP contribution in [0.2, 0.25) is 0 Å². The van der Waals surface area contributed by atoms with Crippen molar-refractivity contribution in [3.63, 3.8) is 0 Å². The Balaban J connectivity index is 1.41. The summed E-state index contributed by atoms with van der Waals surface area (Å²) in [4.78, 5) is 31.3. The van der Waals surface area contributed by atoms with Crippen LogP contribution in [-0.4, -0.2) is 66.3 Å². The van der Waals surface area contributed by atoms with Gasteiger partial charge in [-0.3, -0.25) is 14.5 Å². The van der Waals surface area contributed by atoms with Gasteiger partial charge in [0.05, 0.1) is 25.6 Å². The van der Waals surface area contributed by atoms with Crippen molar-refractivity contribution in [3.05, 3.63) is 65.2 Å². The van der Waals surface area contributed by atoms with E-state index < -0.39 is 0 Å². The molecule has 2 heterocycles. The Morgan fingerprint density at radius 2 is 1.76 bits per heavy atom.